The molecule has 0 spiro atoms. The third-order valence-corrected chi connectivity index (χ3v) is 4.03. The average Bonchev–Trinajstić information content (AvgIpc) is 2.88. The van der Waals surface area contributed by atoms with E-state index in [0.29, 0.717) is 13.2 Å². The molecule has 1 aliphatic carbocycles. The molecule has 1 saturated carbocycles. The molecule has 1 aliphatic heterocycles. The molecule has 0 amide bonds. The minimum absolute atomic E-state index is 0.149. The maximum Gasteiger partial charge on any atom is 0.161 e. The molecule has 0 saturated heterocycles. The molecule has 0 radical (unpaired) electrons. The van der Waals surface area contributed by atoms with Gasteiger partial charge < -0.3 is 14.8 Å². The Bertz CT molecular complexity index is 411. The Morgan fingerprint density at radius 3 is 2.47 bits per heavy atom. The first-order chi connectivity index (χ1) is 8.34. The van der Waals surface area contributed by atoms with E-state index in [-0.39, 0.29) is 5.54 Å². The lowest BCUT2D eigenvalue weighted by Crippen LogP contribution is -2.37. The number of hydrogen-bond acceptors (Lipinski definition) is 3. The summed E-state index contributed by atoms with van der Waals surface area (Å²) >= 11 is 0. The molecule has 3 rings (SSSR count). The second-order valence-electron chi connectivity index (χ2n) is 4.90. The average molecular weight is 233 g/mol. The molecular formula is C14H19NO2. The van der Waals surface area contributed by atoms with E-state index in [4.69, 9.17) is 9.47 Å². The molecule has 0 atom stereocenters. The summed E-state index contributed by atoms with van der Waals surface area (Å²) in [6, 6.07) is 6.37. The van der Waals surface area contributed by atoms with Crippen LogP contribution in [0.4, 0.5) is 0 Å². The van der Waals surface area contributed by atoms with Crippen LogP contribution in [0, 0.1) is 0 Å². The van der Waals surface area contributed by atoms with Gasteiger partial charge in [-0.15, -0.1) is 0 Å². The van der Waals surface area contributed by atoms with E-state index in [1.54, 1.807) is 0 Å². The van der Waals surface area contributed by atoms with Crippen LogP contribution in [0.1, 0.15) is 31.2 Å². The summed E-state index contributed by atoms with van der Waals surface area (Å²) in [5.41, 5.74) is 1.48. The monoisotopic (exact) mass is 233 g/mol. The zero-order valence-corrected chi connectivity index (χ0v) is 10.3. The second-order valence-corrected chi connectivity index (χ2v) is 4.90. The van der Waals surface area contributed by atoms with Crippen molar-refractivity contribution in [1.29, 1.82) is 0 Å². The Balaban J connectivity index is 1.97. The smallest absolute Gasteiger partial charge is 0.161 e. The van der Waals surface area contributed by atoms with Crippen LogP contribution in [0.2, 0.25) is 0 Å². The number of nitrogens with one attached hydrogen (secondary N) is 1. The zero-order valence-electron chi connectivity index (χ0n) is 10.3. The van der Waals surface area contributed by atoms with Gasteiger partial charge in [0.1, 0.15) is 13.2 Å². The highest BCUT2D eigenvalue weighted by atomic mass is 16.6. The van der Waals surface area contributed by atoms with Gasteiger partial charge in [-0.1, -0.05) is 18.9 Å². The fraction of sp³-hybridized carbons (Fsp3) is 0.571. The number of ether oxygens (including phenoxy) is 2. The maximum atomic E-state index is 5.66. The van der Waals surface area contributed by atoms with E-state index in [9.17, 15) is 0 Å². The Morgan fingerprint density at radius 2 is 1.76 bits per heavy atom. The van der Waals surface area contributed by atoms with Crippen molar-refractivity contribution in [2.45, 2.75) is 31.2 Å². The van der Waals surface area contributed by atoms with Gasteiger partial charge in [-0.25, -0.2) is 0 Å². The Hall–Kier alpha value is -1.22. The molecule has 3 nitrogen and oxygen atoms in total. The first-order valence-corrected chi connectivity index (χ1v) is 6.43. The molecule has 3 heteroatoms. The van der Waals surface area contributed by atoms with Crippen molar-refractivity contribution in [3.05, 3.63) is 23.8 Å². The molecule has 1 aromatic carbocycles. The zero-order chi connectivity index (χ0) is 11.7. The molecule has 1 aromatic rings. The first-order valence-electron chi connectivity index (χ1n) is 6.43. The van der Waals surface area contributed by atoms with Gasteiger partial charge in [0.15, 0.2) is 11.5 Å². The third kappa shape index (κ3) is 1.78. The molecule has 92 valence electrons. The molecule has 1 fully saturated rings. The first kappa shape index (κ1) is 10.9. The molecule has 0 unspecified atom stereocenters. The quantitative estimate of drug-likeness (QED) is 0.851. The standard InChI is InChI=1S/C14H19NO2/c1-15-14(6-2-3-7-14)11-4-5-12-13(10-11)17-9-8-16-12/h4-5,10,15H,2-3,6-9H2,1H3. The predicted octanol–water partition coefficient (Wildman–Crippen LogP) is 2.45. The third-order valence-electron chi connectivity index (χ3n) is 4.03. The normalized spacial score (nSPS) is 21.5. The Morgan fingerprint density at radius 1 is 1.06 bits per heavy atom. The van der Waals surface area contributed by atoms with Crippen molar-refractivity contribution in [1.82, 2.24) is 5.32 Å². The van der Waals surface area contributed by atoms with Gasteiger partial charge in [0, 0.05) is 5.54 Å². The summed E-state index contributed by atoms with van der Waals surface area (Å²) in [4.78, 5) is 0. The molecule has 0 bridgehead atoms. The topological polar surface area (TPSA) is 30.5 Å². The van der Waals surface area contributed by atoms with Crippen LogP contribution in [0.25, 0.3) is 0 Å². The van der Waals surface area contributed by atoms with Crippen LogP contribution in [0.3, 0.4) is 0 Å². The Kier molecular flexibility index (Phi) is 2.71. The minimum atomic E-state index is 0.149. The fourth-order valence-electron chi connectivity index (χ4n) is 3.00. The van der Waals surface area contributed by atoms with Crippen molar-refractivity contribution in [2.24, 2.45) is 0 Å². The maximum absolute atomic E-state index is 5.66. The van der Waals surface area contributed by atoms with Gasteiger partial charge in [-0.2, -0.15) is 0 Å². The lowest BCUT2D eigenvalue weighted by Gasteiger charge is -2.30. The van der Waals surface area contributed by atoms with E-state index >= 15 is 0 Å². The summed E-state index contributed by atoms with van der Waals surface area (Å²) in [6.07, 6.45) is 5.02. The molecule has 1 heterocycles. The fourth-order valence-corrected chi connectivity index (χ4v) is 3.00. The van der Waals surface area contributed by atoms with Gasteiger partial charge in [0.2, 0.25) is 0 Å². The highest BCUT2D eigenvalue weighted by Crippen LogP contribution is 2.41. The SMILES string of the molecule is CNC1(c2ccc3c(c2)OCCO3)CCCC1. The van der Waals surface area contributed by atoms with Crippen molar-refractivity contribution in [3.8, 4) is 11.5 Å². The van der Waals surface area contributed by atoms with Crippen molar-refractivity contribution in [2.75, 3.05) is 20.3 Å². The van der Waals surface area contributed by atoms with E-state index < -0.39 is 0 Å². The van der Waals surface area contributed by atoms with E-state index in [1.807, 2.05) is 6.07 Å². The van der Waals surface area contributed by atoms with Gasteiger partial charge in [0.05, 0.1) is 0 Å². The molecule has 0 aromatic heterocycles. The van der Waals surface area contributed by atoms with Gasteiger partial charge in [-0.05, 0) is 37.6 Å². The van der Waals surface area contributed by atoms with Crippen molar-refractivity contribution >= 4 is 0 Å². The van der Waals surface area contributed by atoms with Crippen LogP contribution in [-0.4, -0.2) is 20.3 Å². The number of benzene rings is 1. The second kappa shape index (κ2) is 4.22. The lowest BCUT2D eigenvalue weighted by atomic mass is 9.88. The van der Waals surface area contributed by atoms with E-state index in [0.717, 1.165) is 11.5 Å². The van der Waals surface area contributed by atoms with Gasteiger partial charge in [0.25, 0.3) is 0 Å². The molecule has 17 heavy (non-hydrogen) atoms. The Labute approximate surface area is 102 Å². The van der Waals surface area contributed by atoms with E-state index in [1.165, 1.54) is 31.2 Å². The van der Waals surface area contributed by atoms with Crippen LogP contribution < -0.4 is 14.8 Å². The molecular weight excluding hydrogens is 214 g/mol. The number of rotatable bonds is 2. The number of hydrogen-bond donors (Lipinski definition) is 1. The van der Waals surface area contributed by atoms with Crippen LogP contribution in [0.15, 0.2) is 18.2 Å². The van der Waals surface area contributed by atoms with Crippen LogP contribution >= 0.6 is 0 Å². The summed E-state index contributed by atoms with van der Waals surface area (Å²) < 4.78 is 11.2. The predicted molar refractivity (Wildman–Crippen MR) is 66.6 cm³/mol. The largest absolute Gasteiger partial charge is 0.486 e. The van der Waals surface area contributed by atoms with Gasteiger partial charge in [-0.3, -0.25) is 0 Å². The summed E-state index contributed by atoms with van der Waals surface area (Å²) in [5.74, 6) is 1.78. The van der Waals surface area contributed by atoms with Crippen LogP contribution in [0.5, 0.6) is 11.5 Å². The minimum Gasteiger partial charge on any atom is -0.486 e. The summed E-state index contributed by atoms with van der Waals surface area (Å²) in [7, 11) is 2.06. The molecule has 2 aliphatic rings. The summed E-state index contributed by atoms with van der Waals surface area (Å²) in [5, 5.41) is 3.50. The van der Waals surface area contributed by atoms with Gasteiger partial charge >= 0.3 is 0 Å². The highest BCUT2D eigenvalue weighted by Gasteiger charge is 2.34. The summed E-state index contributed by atoms with van der Waals surface area (Å²) in [6.45, 7) is 1.31. The lowest BCUT2D eigenvalue weighted by molar-refractivity contribution is 0.171. The van der Waals surface area contributed by atoms with Crippen molar-refractivity contribution in [3.63, 3.8) is 0 Å². The van der Waals surface area contributed by atoms with E-state index in [2.05, 4.69) is 24.5 Å². The number of fused-ring (bicyclic) bond motifs is 1. The van der Waals surface area contributed by atoms with Crippen molar-refractivity contribution < 1.29 is 9.47 Å². The van der Waals surface area contributed by atoms with Crippen LogP contribution in [-0.2, 0) is 5.54 Å². The highest BCUT2D eigenvalue weighted by molar-refractivity contribution is 5.46. The molecule has 1 N–H and O–H groups in total.